The summed E-state index contributed by atoms with van der Waals surface area (Å²) in [5.74, 6) is 2.23. The van der Waals surface area contributed by atoms with Gasteiger partial charge in [-0.05, 0) is 38.9 Å². The maximum absolute atomic E-state index is 4.67. The molecule has 1 saturated heterocycles. The molecule has 0 amide bonds. The summed E-state index contributed by atoms with van der Waals surface area (Å²) in [5.41, 5.74) is 1.08. The van der Waals surface area contributed by atoms with Gasteiger partial charge in [-0.15, -0.1) is 0 Å². The first-order chi connectivity index (χ1) is 10.6. The molecule has 1 aliphatic rings. The Hall–Kier alpha value is -1.88. The zero-order valence-electron chi connectivity index (χ0n) is 13.7. The number of likely N-dealkylation sites (N-methyl/N-ethyl adjacent to an activating group) is 1. The maximum Gasteiger partial charge on any atom is 0.128 e. The first-order valence-electron chi connectivity index (χ1n) is 7.98. The number of pyridine rings is 1. The van der Waals surface area contributed by atoms with Crippen molar-refractivity contribution in [3.63, 3.8) is 0 Å². The van der Waals surface area contributed by atoms with Crippen LogP contribution >= 0.6 is 0 Å². The largest absolute Gasteiger partial charge is 0.355 e. The van der Waals surface area contributed by atoms with Gasteiger partial charge in [0.05, 0.1) is 6.54 Å². The molecule has 1 atom stereocenters. The van der Waals surface area contributed by atoms with E-state index in [-0.39, 0.29) is 0 Å². The van der Waals surface area contributed by atoms with Crippen LogP contribution in [0, 0.1) is 6.92 Å². The Morgan fingerprint density at radius 2 is 2.23 bits per heavy atom. The number of aromatic nitrogens is 3. The Labute approximate surface area is 132 Å². The maximum atomic E-state index is 4.67. The zero-order valence-corrected chi connectivity index (χ0v) is 13.7. The fourth-order valence-corrected chi connectivity index (χ4v) is 3.13. The molecule has 2 aromatic heterocycles. The normalized spacial score (nSPS) is 18.9. The fraction of sp³-hybridized carbons (Fsp3) is 0.529. The average molecular weight is 299 g/mol. The van der Waals surface area contributed by atoms with E-state index in [0.717, 1.165) is 37.0 Å². The summed E-state index contributed by atoms with van der Waals surface area (Å²) >= 11 is 0. The Kier molecular flexibility index (Phi) is 4.43. The Bertz CT molecular complexity index is 621. The molecule has 1 fully saturated rings. The predicted octanol–water partition coefficient (Wildman–Crippen LogP) is 2.22. The lowest BCUT2D eigenvalue weighted by molar-refractivity contribution is 0.201. The highest BCUT2D eigenvalue weighted by Crippen LogP contribution is 2.21. The summed E-state index contributed by atoms with van der Waals surface area (Å²) in [7, 11) is 4.26. The molecule has 118 valence electrons. The zero-order chi connectivity index (χ0) is 15.5. The monoisotopic (exact) mass is 299 g/mol. The van der Waals surface area contributed by atoms with Crippen molar-refractivity contribution < 1.29 is 0 Å². The van der Waals surface area contributed by atoms with Gasteiger partial charge in [0, 0.05) is 44.3 Å². The summed E-state index contributed by atoms with van der Waals surface area (Å²) < 4.78 is 2.10. The van der Waals surface area contributed by atoms with Crippen LogP contribution in [0.4, 0.5) is 5.82 Å². The molecule has 3 heterocycles. The van der Waals surface area contributed by atoms with E-state index in [4.69, 9.17) is 0 Å². The van der Waals surface area contributed by atoms with Gasteiger partial charge >= 0.3 is 0 Å². The van der Waals surface area contributed by atoms with E-state index in [2.05, 4.69) is 63.6 Å². The number of aryl methyl sites for hydroxylation is 2. The van der Waals surface area contributed by atoms with Gasteiger partial charge in [0.25, 0.3) is 0 Å². The average Bonchev–Trinajstić information content (AvgIpc) is 2.92. The number of imidazole rings is 1. The summed E-state index contributed by atoms with van der Waals surface area (Å²) in [6.07, 6.45) is 6.33. The first kappa shape index (κ1) is 15.0. The minimum absolute atomic E-state index is 0.549. The number of hydrogen-bond acceptors (Lipinski definition) is 4. The molecule has 0 aromatic carbocycles. The van der Waals surface area contributed by atoms with Crippen molar-refractivity contribution in [2.75, 3.05) is 25.0 Å². The van der Waals surface area contributed by atoms with Gasteiger partial charge in [-0.1, -0.05) is 6.07 Å². The molecule has 2 aromatic rings. The van der Waals surface area contributed by atoms with Gasteiger partial charge in [-0.25, -0.2) is 9.97 Å². The van der Waals surface area contributed by atoms with E-state index in [1.54, 1.807) is 0 Å². The lowest BCUT2D eigenvalue weighted by Crippen LogP contribution is -2.46. The van der Waals surface area contributed by atoms with Crippen molar-refractivity contribution in [2.24, 2.45) is 7.05 Å². The second-order valence-corrected chi connectivity index (χ2v) is 6.25. The molecule has 0 N–H and O–H groups in total. The molecule has 5 heteroatoms. The van der Waals surface area contributed by atoms with Crippen LogP contribution in [0.2, 0.25) is 0 Å². The molecular formula is C17H25N5. The Morgan fingerprint density at radius 1 is 1.36 bits per heavy atom. The number of piperidine rings is 1. The first-order valence-corrected chi connectivity index (χ1v) is 7.98. The second kappa shape index (κ2) is 6.48. The minimum atomic E-state index is 0.549. The third kappa shape index (κ3) is 3.30. The summed E-state index contributed by atoms with van der Waals surface area (Å²) in [5, 5.41) is 0. The third-order valence-corrected chi connectivity index (χ3v) is 4.53. The van der Waals surface area contributed by atoms with Crippen molar-refractivity contribution in [3.05, 3.63) is 42.1 Å². The summed E-state index contributed by atoms with van der Waals surface area (Å²) in [4.78, 5) is 13.9. The van der Waals surface area contributed by atoms with E-state index in [1.807, 2.05) is 12.4 Å². The van der Waals surface area contributed by atoms with Crippen molar-refractivity contribution in [1.82, 2.24) is 19.4 Å². The molecule has 0 aliphatic carbocycles. The van der Waals surface area contributed by atoms with Gasteiger partial charge in [0.2, 0.25) is 0 Å². The topological polar surface area (TPSA) is 37.2 Å². The van der Waals surface area contributed by atoms with Gasteiger partial charge in [-0.2, -0.15) is 0 Å². The number of hydrogen-bond donors (Lipinski definition) is 0. The molecule has 1 aliphatic heterocycles. The van der Waals surface area contributed by atoms with E-state index >= 15 is 0 Å². The van der Waals surface area contributed by atoms with E-state index in [9.17, 15) is 0 Å². The van der Waals surface area contributed by atoms with E-state index in [1.165, 1.54) is 12.8 Å². The number of anilines is 1. The van der Waals surface area contributed by atoms with Crippen LogP contribution in [-0.2, 0) is 13.6 Å². The Balaban J connectivity index is 1.66. The van der Waals surface area contributed by atoms with Crippen LogP contribution in [0.25, 0.3) is 0 Å². The van der Waals surface area contributed by atoms with Crippen molar-refractivity contribution in [2.45, 2.75) is 32.4 Å². The van der Waals surface area contributed by atoms with Gasteiger partial charge in [-0.3, -0.25) is 4.90 Å². The summed E-state index contributed by atoms with van der Waals surface area (Å²) in [6, 6.07) is 6.82. The molecule has 0 bridgehead atoms. The molecule has 3 rings (SSSR count). The highest BCUT2D eigenvalue weighted by molar-refractivity contribution is 5.39. The molecule has 5 nitrogen and oxygen atoms in total. The highest BCUT2D eigenvalue weighted by Gasteiger charge is 2.24. The van der Waals surface area contributed by atoms with Crippen LogP contribution in [0.3, 0.4) is 0 Å². The fourth-order valence-electron chi connectivity index (χ4n) is 3.13. The number of rotatable bonds is 4. The van der Waals surface area contributed by atoms with Gasteiger partial charge in [0.15, 0.2) is 0 Å². The summed E-state index contributed by atoms with van der Waals surface area (Å²) in [6.45, 7) is 5.09. The Morgan fingerprint density at radius 3 is 2.95 bits per heavy atom. The molecule has 0 spiro atoms. The third-order valence-electron chi connectivity index (χ3n) is 4.53. The predicted molar refractivity (Wildman–Crippen MR) is 88.9 cm³/mol. The van der Waals surface area contributed by atoms with Crippen LogP contribution in [0.1, 0.15) is 24.4 Å². The van der Waals surface area contributed by atoms with Crippen molar-refractivity contribution in [1.29, 1.82) is 0 Å². The number of nitrogens with zero attached hydrogens (tertiary/aromatic N) is 5. The second-order valence-electron chi connectivity index (χ2n) is 6.25. The van der Waals surface area contributed by atoms with Crippen molar-refractivity contribution >= 4 is 5.82 Å². The quantitative estimate of drug-likeness (QED) is 0.867. The molecular weight excluding hydrogens is 274 g/mol. The van der Waals surface area contributed by atoms with Crippen LogP contribution in [0.5, 0.6) is 0 Å². The van der Waals surface area contributed by atoms with Gasteiger partial charge in [0.1, 0.15) is 11.6 Å². The smallest absolute Gasteiger partial charge is 0.128 e. The highest BCUT2D eigenvalue weighted by atomic mass is 15.3. The molecule has 0 saturated carbocycles. The lowest BCUT2D eigenvalue weighted by Gasteiger charge is -2.38. The SMILES string of the molecule is Cc1cccc(N2CCCC(N(C)Cc3nccn3C)C2)n1. The standard InChI is InChI=1S/C17H25N5/c1-14-6-4-8-16(19-14)22-10-5-7-15(12-22)21(3)13-17-18-9-11-20(17)2/h4,6,8-9,11,15H,5,7,10,12-13H2,1-3H3. The van der Waals surface area contributed by atoms with Gasteiger partial charge < -0.3 is 9.47 Å². The van der Waals surface area contributed by atoms with Crippen LogP contribution < -0.4 is 4.90 Å². The van der Waals surface area contributed by atoms with Crippen LogP contribution in [0.15, 0.2) is 30.6 Å². The molecule has 22 heavy (non-hydrogen) atoms. The van der Waals surface area contributed by atoms with Crippen LogP contribution in [-0.4, -0.2) is 45.6 Å². The van der Waals surface area contributed by atoms with E-state index < -0.39 is 0 Å². The minimum Gasteiger partial charge on any atom is -0.355 e. The molecule has 0 radical (unpaired) electrons. The van der Waals surface area contributed by atoms with Crippen molar-refractivity contribution in [3.8, 4) is 0 Å². The van der Waals surface area contributed by atoms with E-state index in [0.29, 0.717) is 6.04 Å². The molecule has 1 unspecified atom stereocenters. The lowest BCUT2D eigenvalue weighted by atomic mass is 10.0.